The van der Waals surface area contributed by atoms with Gasteiger partial charge in [0, 0.05) is 0 Å². The summed E-state index contributed by atoms with van der Waals surface area (Å²) in [4.78, 5) is 16.7. The summed E-state index contributed by atoms with van der Waals surface area (Å²) in [5, 5.41) is 0.678. The molecular weight excluding hydrogens is 304 g/mol. The Hall–Kier alpha value is -2.30. The molecular formula is C19H26N2O3. The second-order valence-corrected chi connectivity index (χ2v) is 5.85. The van der Waals surface area contributed by atoms with E-state index in [1.54, 1.807) is 13.8 Å². The highest BCUT2D eigenvalue weighted by Crippen LogP contribution is 2.34. The van der Waals surface area contributed by atoms with Crippen LogP contribution in [-0.2, 0) is 4.74 Å². The van der Waals surface area contributed by atoms with Gasteiger partial charge in [0.15, 0.2) is 0 Å². The van der Waals surface area contributed by atoms with Crippen molar-refractivity contribution in [2.75, 3.05) is 18.9 Å². The summed E-state index contributed by atoms with van der Waals surface area (Å²) in [6.45, 7) is 8.75. The first kappa shape index (κ1) is 18.0. The van der Waals surface area contributed by atoms with Gasteiger partial charge in [0.2, 0.25) is 0 Å². The molecule has 2 aromatic rings. The Morgan fingerprint density at radius 3 is 2.58 bits per heavy atom. The molecule has 130 valence electrons. The van der Waals surface area contributed by atoms with Gasteiger partial charge in [0.25, 0.3) is 0 Å². The molecule has 1 aromatic heterocycles. The lowest BCUT2D eigenvalue weighted by atomic mass is 10.0. The van der Waals surface area contributed by atoms with Crippen LogP contribution >= 0.6 is 0 Å². The minimum absolute atomic E-state index is 0.294. The summed E-state index contributed by atoms with van der Waals surface area (Å²) in [7, 11) is 0. The van der Waals surface area contributed by atoms with E-state index in [2.05, 4.69) is 18.8 Å². The lowest BCUT2D eigenvalue weighted by Crippen LogP contribution is -2.13. The summed E-state index contributed by atoms with van der Waals surface area (Å²) >= 11 is 0. The molecule has 0 unspecified atom stereocenters. The fraction of sp³-hybridized carbons (Fsp3) is 0.474. The third kappa shape index (κ3) is 3.61. The Balaban J connectivity index is 2.50. The number of benzene rings is 1. The zero-order chi connectivity index (χ0) is 17.7. The van der Waals surface area contributed by atoms with E-state index in [4.69, 9.17) is 15.2 Å². The summed E-state index contributed by atoms with van der Waals surface area (Å²) in [5.41, 5.74) is 8.28. The van der Waals surface area contributed by atoms with Gasteiger partial charge in [-0.25, -0.2) is 4.79 Å². The van der Waals surface area contributed by atoms with Crippen molar-refractivity contribution in [1.29, 1.82) is 0 Å². The van der Waals surface area contributed by atoms with Gasteiger partial charge in [-0.15, -0.1) is 0 Å². The van der Waals surface area contributed by atoms with Crippen LogP contribution in [0.2, 0.25) is 0 Å². The van der Waals surface area contributed by atoms with Crippen LogP contribution < -0.4 is 10.5 Å². The van der Waals surface area contributed by atoms with E-state index in [1.807, 2.05) is 18.2 Å². The van der Waals surface area contributed by atoms with Crippen LogP contribution in [0.5, 0.6) is 5.75 Å². The zero-order valence-corrected chi connectivity index (χ0v) is 14.9. The van der Waals surface area contributed by atoms with Crippen molar-refractivity contribution in [2.24, 2.45) is 5.92 Å². The van der Waals surface area contributed by atoms with E-state index in [-0.39, 0.29) is 0 Å². The monoisotopic (exact) mass is 330 g/mol. The number of anilines is 1. The summed E-state index contributed by atoms with van der Waals surface area (Å²) in [6, 6.07) is 5.63. The number of pyridine rings is 1. The molecule has 0 radical (unpaired) electrons. The van der Waals surface area contributed by atoms with Gasteiger partial charge in [0.05, 0.1) is 35.5 Å². The topological polar surface area (TPSA) is 74.4 Å². The maximum atomic E-state index is 12.2. The van der Waals surface area contributed by atoms with Gasteiger partial charge in [0.1, 0.15) is 11.3 Å². The van der Waals surface area contributed by atoms with Crippen molar-refractivity contribution < 1.29 is 14.3 Å². The van der Waals surface area contributed by atoms with E-state index in [1.165, 1.54) is 0 Å². The normalized spacial score (nSPS) is 11.0. The van der Waals surface area contributed by atoms with Crippen molar-refractivity contribution >= 4 is 22.6 Å². The number of nitrogens with zero attached hydrogens (tertiary/aromatic N) is 1. The van der Waals surface area contributed by atoms with Crippen LogP contribution in [0, 0.1) is 12.8 Å². The maximum absolute atomic E-state index is 12.2. The molecule has 2 rings (SSSR count). The highest BCUT2D eigenvalue weighted by Gasteiger charge is 2.20. The fourth-order valence-electron chi connectivity index (χ4n) is 2.75. The molecule has 0 aliphatic heterocycles. The van der Waals surface area contributed by atoms with E-state index in [0.717, 1.165) is 18.4 Å². The van der Waals surface area contributed by atoms with Gasteiger partial charge < -0.3 is 15.2 Å². The molecule has 1 heterocycles. The molecule has 1 aromatic carbocycles. The number of hydrogen-bond acceptors (Lipinski definition) is 5. The van der Waals surface area contributed by atoms with Crippen molar-refractivity contribution in [1.82, 2.24) is 4.98 Å². The number of rotatable bonds is 7. The maximum Gasteiger partial charge on any atom is 0.342 e. The molecule has 5 nitrogen and oxygen atoms in total. The number of esters is 1. The Morgan fingerprint density at radius 2 is 1.96 bits per heavy atom. The number of carbonyl (C=O) groups excluding carboxylic acids is 1. The van der Waals surface area contributed by atoms with Gasteiger partial charge >= 0.3 is 5.97 Å². The van der Waals surface area contributed by atoms with Crippen molar-refractivity contribution in [2.45, 2.75) is 40.5 Å². The van der Waals surface area contributed by atoms with Gasteiger partial charge in [-0.2, -0.15) is 0 Å². The highest BCUT2D eigenvalue weighted by molar-refractivity contribution is 6.07. The SMILES string of the molecule is CCOC(=O)c1c(C)nc2cccc(OCC(CC)CC)c2c1N. The predicted octanol–water partition coefficient (Wildman–Crippen LogP) is 4.12. The number of aromatic nitrogens is 1. The summed E-state index contributed by atoms with van der Waals surface area (Å²) in [5.74, 6) is 0.705. The van der Waals surface area contributed by atoms with Crippen molar-refractivity contribution in [3.05, 3.63) is 29.5 Å². The van der Waals surface area contributed by atoms with Crippen LogP contribution in [0.25, 0.3) is 10.9 Å². The van der Waals surface area contributed by atoms with E-state index >= 15 is 0 Å². The minimum Gasteiger partial charge on any atom is -0.493 e. The lowest BCUT2D eigenvalue weighted by Gasteiger charge is -2.17. The Labute approximate surface area is 143 Å². The zero-order valence-electron chi connectivity index (χ0n) is 14.9. The quantitative estimate of drug-likeness (QED) is 0.773. The number of aryl methyl sites for hydroxylation is 1. The van der Waals surface area contributed by atoms with Crippen LogP contribution in [0.3, 0.4) is 0 Å². The highest BCUT2D eigenvalue weighted by atomic mass is 16.5. The van der Waals surface area contributed by atoms with Crippen molar-refractivity contribution in [3.8, 4) is 5.75 Å². The van der Waals surface area contributed by atoms with Crippen LogP contribution in [-0.4, -0.2) is 24.2 Å². The Bertz CT molecular complexity index is 724. The van der Waals surface area contributed by atoms with E-state index in [0.29, 0.717) is 47.2 Å². The van der Waals surface area contributed by atoms with Crippen molar-refractivity contribution in [3.63, 3.8) is 0 Å². The molecule has 0 saturated carbocycles. The molecule has 0 aliphatic carbocycles. The summed E-state index contributed by atoms with van der Waals surface area (Å²) in [6.07, 6.45) is 2.12. The fourth-order valence-corrected chi connectivity index (χ4v) is 2.75. The van der Waals surface area contributed by atoms with Gasteiger partial charge in [-0.3, -0.25) is 4.98 Å². The molecule has 0 fully saturated rings. The number of carbonyl (C=O) groups is 1. The minimum atomic E-state index is -0.448. The first-order chi connectivity index (χ1) is 11.5. The molecule has 2 N–H and O–H groups in total. The third-order valence-corrected chi connectivity index (χ3v) is 4.30. The number of fused-ring (bicyclic) bond motifs is 1. The van der Waals surface area contributed by atoms with Gasteiger partial charge in [-0.1, -0.05) is 32.8 Å². The Morgan fingerprint density at radius 1 is 1.25 bits per heavy atom. The molecule has 0 atom stereocenters. The number of ether oxygens (including phenoxy) is 2. The predicted molar refractivity (Wildman–Crippen MR) is 96.4 cm³/mol. The number of hydrogen-bond donors (Lipinski definition) is 1. The Kier molecular flexibility index (Phi) is 6.01. The average Bonchev–Trinajstić information content (AvgIpc) is 2.55. The second kappa shape index (κ2) is 7.99. The standard InChI is InChI=1S/C19H26N2O3/c1-5-13(6-2)11-24-15-10-8-9-14-17(15)18(20)16(12(4)21-14)19(22)23-7-3/h8-10,13H,5-7,11H2,1-4H3,(H2,20,21). The summed E-state index contributed by atoms with van der Waals surface area (Å²) < 4.78 is 11.1. The molecule has 24 heavy (non-hydrogen) atoms. The van der Waals surface area contributed by atoms with E-state index in [9.17, 15) is 4.79 Å². The largest absolute Gasteiger partial charge is 0.493 e. The number of nitrogens with two attached hydrogens (primary N) is 1. The molecule has 5 heteroatoms. The van der Waals surface area contributed by atoms with E-state index < -0.39 is 5.97 Å². The second-order valence-electron chi connectivity index (χ2n) is 5.85. The molecule has 0 amide bonds. The number of nitrogen functional groups attached to an aromatic ring is 1. The van der Waals surface area contributed by atoms with Crippen LogP contribution in [0.1, 0.15) is 49.7 Å². The van der Waals surface area contributed by atoms with Crippen LogP contribution in [0.15, 0.2) is 18.2 Å². The molecule has 0 bridgehead atoms. The van der Waals surface area contributed by atoms with Crippen LogP contribution in [0.4, 0.5) is 5.69 Å². The molecule has 0 spiro atoms. The third-order valence-electron chi connectivity index (χ3n) is 4.30. The smallest absolute Gasteiger partial charge is 0.342 e. The molecule has 0 aliphatic rings. The first-order valence-electron chi connectivity index (χ1n) is 8.52. The molecule has 0 saturated heterocycles. The average molecular weight is 330 g/mol. The van der Waals surface area contributed by atoms with Gasteiger partial charge in [-0.05, 0) is 31.9 Å². The first-order valence-corrected chi connectivity index (χ1v) is 8.52. The lowest BCUT2D eigenvalue weighted by molar-refractivity contribution is 0.0526.